The minimum absolute atomic E-state index is 0.0618. The van der Waals surface area contributed by atoms with Gasteiger partial charge in [-0.1, -0.05) is 5.92 Å². The van der Waals surface area contributed by atoms with Crippen LogP contribution in [0, 0.1) is 18.3 Å². The Morgan fingerprint density at radius 2 is 2.31 bits per heavy atom. The summed E-state index contributed by atoms with van der Waals surface area (Å²) in [6.07, 6.45) is 5.57. The highest BCUT2D eigenvalue weighted by molar-refractivity contribution is 5.80. The van der Waals surface area contributed by atoms with Gasteiger partial charge in [-0.2, -0.15) is 0 Å². The summed E-state index contributed by atoms with van der Waals surface area (Å²) < 4.78 is 0. The summed E-state index contributed by atoms with van der Waals surface area (Å²) in [4.78, 5) is 23.3. The highest BCUT2D eigenvalue weighted by Crippen LogP contribution is 2.16. The number of hydrogen-bond acceptors (Lipinski definition) is 2. The number of carboxylic acids is 1. The van der Waals surface area contributed by atoms with Crippen LogP contribution in [-0.4, -0.2) is 35.0 Å². The van der Waals surface area contributed by atoms with Crippen LogP contribution in [0.25, 0.3) is 0 Å². The van der Waals surface area contributed by atoms with Gasteiger partial charge in [0.1, 0.15) is 0 Å². The van der Waals surface area contributed by atoms with Crippen molar-refractivity contribution in [2.24, 2.45) is 5.92 Å². The molecule has 1 atom stereocenters. The monoisotopic (exact) mass is 181 g/mol. The summed E-state index contributed by atoms with van der Waals surface area (Å²) in [5, 5.41) is 8.66. The molecule has 0 aromatic heterocycles. The highest BCUT2D eigenvalue weighted by atomic mass is 16.4. The van der Waals surface area contributed by atoms with Crippen molar-refractivity contribution in [2.75, 3.05) is 13.1 Å². The number of likely N-dealkylation sites (tertiary alicyclic amines) is 1. The SMILES string of the molecule is C#CCC(=O)N1CCC(C(=O)O)C1. The maximum Gasteiger partial charge on any atom is 0.308 e. The molecule has 1 fully saturated rings. The maximum absolute atomic E-state index is 11.2. The van der Waals surface area contributed by atoms with E-state index in [0.29, 0.717) is 19.5 Å². The summed E-state index contributed by atoms with van der Waals surface area (Å²) in [5.74, 6) is 0.851. The first-order valence-electron chi connectivity index (χ1n) is 4.09. The quantitative estimate of drug-likeness (QED) is 0.607. The molecule has 1 unspecified atom stereocenters. The summed E-state index contributed by atoms with van der Waals surface area (Å²) >= 11 is 0. The molecular formula is C9H11NO3. The van der Waals surface area contributed by atoms with Gasteiger partial charge in [0, 0.05) is 13.1 Å². The molecule has 0 spiro atoms. The highest BCUT2D eigenvalue weighted by Gasteiger charge is 2.30. The number of rotatable bonds is 2. The molecule has 1 N–H and O–H groups in total. The maximum atomic E-state index is 11.2. The van der Waals surface area contributed by atoms with Crippen LogP contribution in [0.1, 0.15) is 12.8 Å². The van der Waals surface area contributed by atoms with E-state index in [2.05, 4.69) is 5.92 Å². The second-order valence-electron chi connectivity index (χ2n) is 3.04. The number of carbonyl (C=O) groups excluding carboxylic acids is 1. The van der Waals surface area contributed by atoms with Gasteiger partial charge >= 0.3 is 5.97 Å². The van der Waals surface area contributed by atoms with Crippen molar-refractivity contribution in [2.45, 2.75) is 12.8 Å². The van der Waals surface area contributed by atoms with Crippen LogP contribution in [0.2, 0.25) is 0 Å². The van der Waals surface area contributed by atoms with Crippen molar-refractivity contribution < 1.29 is 14.7 Å². The molecule has 1 rings (SSSR count). The zero-order chi connectivity index (χ0) is 9.84. The number of carbonyl (C=O) groups is 2. The fourth-order valence-corrected chi connectivity index (χ4v) is 1.39. The fourth-order valence-electron chi connectivity index (χ4n) is 1.39. The molecule has 1 saturated heterocycles. The molecule has 1 amide bonds. The number of amides is 1. The van der Waals surface area contributed by atoms with Crippen molar-refractivity contribution in [1.82, 2.24) is 4.90 Å². The van der Waals surface area contributed by atoms with Gasteiger partial charge in [-0.05, 0) is 6.42 Å². The number of hydrogen-bond donors (Lipinski definition) is 1. The van der Waals surface area contributed by atoms with E-state index < -0.39 is 11.9 Å². The predicted molar refractivity (Wildman–Crippen MR) is 45.8 cm³/mol. The van der Waals surface area contributed by atoms with Gasteiger partial charge in [-0.25, -0.2) is 0 Å². The number of nitrogens with zero attached hydrogens (tertiary/aromatic N) is 1. The number of terminal acetylenes is 1. The normalized spacial score (nSPS) is 21.2. The molecular weight excluding hydrogens is 170 g/mol. The molecule has 13 heavy (non-hydrogen) atoms. The zero-order valence-corrected chi connectivity index (χ0v) is 7.19. The Hall–Kier alpha value is -1.50. The van der Waals surface area contributed by atoms with E-state index >= 15 is 0 Å². The first kappa shape index (κ1) is 9.59. The number of aliphatic carboxylic acids is 1. The van der Waals surface area contributed by atoms with E-state index in [4.69, 9.17) is 11.5 Å². The Morgan fingerprint density at radius 3 is 2.77 bits per heavy atom. The second kappa shape index (κ2) is 3.94. The first-order chi connectivity index (χ1) is 6.15. The fraction of sp³-hybridized carbons (Fsp3) is 0.556. The molecule has 0 saturated carbocycles. The minimum Gasteiger partial charge on any atom is -0.481 e. The molecule has 0 aromatic rings. The predicted octanol–water partition coefficient (Wildman–Crippen LogP) is -0.0572. The molecule has 0 aliphatic carbocycles. The van der Waals surface area contributed by atoms with Gasteiger partial charge in [0.2, 0.25) is 5.91 Å². The van der Waals surface area contributed by atoms with Crippen molar-refractivity contribution in [3.8, 4) is 12.3 Å². The van der Waals surface area contributed by atoms with Gasteiger partial charge in [-0.3, -0.25) is 9.59 Å². The van der Waals surface area contributed by atoms with Gasteiger partial charge in [0.05, 0.1) is 12.3 Å². The Labute approximate surface area is 76.5 Å². The van der Waals surface area contributed by atoms with E-state index in [1.54, 1.807) is 0 Å². The van der Waals surface area contributed by atoms with E-state index in [9.17, 15) is 9.59 Å². The third-order valence-corrected chi connectivity index (χ3v) is 2.14. The lowest BCUT2D eigenvalue weighted by Crippen LogP contribution is -2.29. The van der Waals surface area contributed by atoms with Gasteiger partial charge < -0.3 is 10.0 Å². The smallest absolute Gasteiger partial charge is 0.308 e. The van der Waals surface area contributed by atoms with E-state index in [-0.39, 0.29) is 12.3 Å². The summed E-state index contributed by atoms with van der Waals surface area (Å²) in [6.45, 7) is 0.813. The van der Waals surface area contributed by atoms with Crippen LogP contribution >= 0.6 is 0 Å². The van der Waals surface area contributed by atoms with Crippen LogP contribution in [0.5, 0.6) is 0 Å². The standard InChI is InChI=1S/C9H11NO3/c1-2-3-8(11)10-5-4-7(6-10)9(12)13/h1,7H,3-6H2,(H,12,13). The van der Waals surface area contributed by atoms with Crippen LogP contribution in [0.3, 0.4) is 0 Å². The Bertz CT molecular complexity index is 267. The van der Waals surface area contributed by atoms with Crippen molar-refractivity contribution in [1.29, 1.82) is 0 Å². The van der Waals surface area contributed by atoms with E-state index in [0.717, 1.165) is 0 Å². The molecule has 4 nitrogen and oxygen atoms in total. The molecule has 0 bridgehead atoms. The molecule has 1 heterocycles. The average molecular weight is 181 g/mol. The summed E-state index contributed by atoms with van der Waals surface area (Å²) in [7, 11) is 0. The lowest BCUT2D eigenvalue weighted by atomic mass is 10.1. The van der Waals surface area contributed by atoms with Crippen molar-refractivity contribution >= 4 is 11.9 Å². The molecule has 0 radical (unpaired) electrons. The summed E-state index contributed by atoms with van der Waals surface area (Å²) in [6, 6.07) is 0. The van der Waals surface area contributed by atoms with Gasteiger partial charge in [0.15, 0.2) is 0 Å². The van der Waals surface area contributed by atoms with Crippen molar-refractivity contribution in [3.05, 3.63) is 0 Å². The lowest BCUT2D eigenvalue weighted by molar-refractivity contribution is -0.141. The number of carboxylic acid groups (broad SMARTS) is 1. The molecule has 1 aliphatic rings. The van der Waals surface area contributed by atoms with Crippen molar-refractivity contribution in [3.63, 3.8) is 0 Å². The van der Waals surface area contributed by atoms with Crippen LogP contribution in [-0.2, 0) is 9.59 Å². The van der Waals surface area contributed by atoms with Crippen LogP contribution in [0.4, 0.5) is 0 Å². The Morgan fingerprint density at radius 1 is 1.62 bits per heavy atom. The lowest BCUT2D eigenvalue weighted by Gasteiger charge is -2.13. The minimum atomic E-state index is -0.837. The Kier molecular flexibility index (Phi) is 2.91. The van der Waals surface area contributed by atoms with Crippen LogP contribution in [0.15, 0.2) is 0 Å². The zero-order valence-electron chi connectivity index (χ0n) is 7.19. The third-order valence-electron chi connectivity index (χ3n) is 2.14. The first-order valence-corrected chi connectivity index (χ1v) is 4.09. The Balaban J connectivity index is 2.46. The van der Waals surface area contributed by atoms with E-state index in [1.165, 1.54) is 4.90 Å². The molecule has 4 heteroatoms. The topological polar surface area (TPSA) is 57.6 Å². The molecule has 1 aliphatic heterocycles. The second-order valence-corrected chi connectivity index (χ2v) is 3.04. The molecule has 70 valence electrons. The van der Waals surface area contributed by atoms with Crippen LogP contribution < -0.4 is 0 Å². The summed E-state index contributed by atoms with van der Waals surface area (Å²) in [5.41, 5.74) is 0. The van der Waals surface area contributed by atoms with Gasteiger partial charge in [0.25, 0.3) is 0 Å². The van der Waals surface area contributed by atoms with E-state index in [1.807, 2.05) is 0 Å². The van der Waals surface area contributed by atoms with Gasteiger partial charge in [-0.15, -0.1) is 6.42 Å². The molecule has 0 aromatic carbocycles. The largest absolute Gasteiger partial charge is 0.481 e. The average Bonchev–Trinajstić information content (AvgIpc) is 2.52. The third kappa shape index (κ3) is 2.22.